The summed E-state index contributed by atoms with van der Waals surface area (Å²) in [6.45, 7) is 3.09. The molecule has 0 spiro atoms. The Bertz CT molecular complexity index is 1000. The number of halogens is 2. The predicted octanol–water partition coefficient (Wildman–Crippen LogP) is 4.85. The van der Waals surface area contributed by atoms with Crippen LogP contribution >= 0.6 is 23.2 Å². The van der Waals surface area contributed by atoms with Crippen LogP contribution in [0.3, 0.4) is 0 Å². The summed E-state index contributed by atoms with van der Waals surface area (Å²) in [6, 6.07) is 10.8. The number of aliphatic hydroxyl groups is 1. The van der Waals surface area contributed by atoms with Gasteiger partial charge in [-0.1, -0.05) is 29.3 Å². The van der Waals surface area contributed by atoms with Gasteiger partial charge in [-0.3, -0.25) is 9.59 Å². The van der Waals surface area contributed by atoms with Gasteiger partial charge in [0.05, 0.1) is 28.3 Å². The van der Waals surface area contributed by atoms with Crippen LogP contribution in [-0.4, -0.2) is 48.6 Å². The number of nitrogens with zero attached hydrogens (tertiary/aromatic N) is 1. The molecule has 31 heavy (non-hydrogen) atoms. The van der Waals surface area contributed by atoms with Crippen LogP contribution in [0.1, 0.15) is 30.5 Å². The third-order valence-electron chi connectivity index (χ3n) is 4.99. The first-order valence-electron chi connectivity index (χ1n) is 9.84. The van der Waals surface area contributed by atoms with Gasteiger partial charge in [0.1, 0.15) is 11.5 Å². The first-order chi connectivity index (χ1) is 14.9. The largest absolute Gasteiger partial charge is 0.507 e. The number of carbonyl (C=O) groups excluding carboxylic acids is 2. The van der Waals surface area contributed by atoms with Crippen molar-refractivity contribution in [2.45, 2.75) is 19.4 Å². The van der Waals surface area contributed by atoms with E-state index < -0.39 is 17.7 Å². The fraction of sp³-hybridized carbons (Fsp3) is 0.304. The summed E-state index contributed by atoms with van der Waals surface area (Å²) in [5.41, 5.74) is 0.992. The van der Waals surface area contributed by atoms with Gasteiger partial charge in [0, 0.05) is 25.8 Å². The number of hydrogen-bond acceptors (Lipinski definition) is 5. The van der Waals surface area contributed by atoms with Crippen molar-refractivity contribution >= 4 is 40.7 Å². The van der Waals surface area contributed by atoms with Crippen molar-refractivity contribution in [1.29, 1.82) is 0 Å². The van der Waals surface area contributed by atoms with E-state index in [0.717, 1.165) is 0 Å². The molecule has 1 atom stereocenters. The number of carbonyl (C=O) groups is 2. The molecule has 164 valence electrons. The highest BCUT2D eigenvalue weighted by molar-refractivity contribution is 6.46. The first-order valence-corrected chi connectivity index (χ1v) is 10.6. The first kappa shape index (κ1) is 23.1. The number of hydrogen-bond donors (Lipinski definition) is 1. The maximum atomic E-state index is 12.9. The van der Waals surface area contributed by atoms with E-state index in [9.17, 15) is 14.7 Å². The van der Waals surface area contributed by atoms with E-state index in [1.807, 2.05) is 6.92 Å². The van der Waals surface area contributed by atoms with Gasteiger partial charge in [-0.15, -0.1) is 0 Å². The third-order valence-corrected chi connectivity index (χ3v) is 5.72. The molecule has 1 fully saturated rings. The van der Waals surface area contributed by atoms with Crippen molar-refractivity contribution in [3.05, 3.63) is 69.2 Å². The summed E-state index contributed by atoms with van der Waals surface area (Å²) in [5.74, 6) is -1.05. The summed E-state index contributed by atoms with van der Waals surface area (Å²) in [5, 5.41) is 11.7. The minimum atomic E-state index is -0.793. The van der Waals surface area contributed by atoms with E-state index in [2.05, 4.69) is 0 Å². The quantitative estimate of drug-likeness (QED) is 0.262. The SMILES string of the molecule is CCOc1ccc(C(O)=C2C(=O)C(=O)N(CCCOC)[C@H]2c2ccc(Cl)c(Cl)c2)cc1. The minimum Gasteiger partial charge on any atom is -0.507 e. The molecule has 0 saturated carbocycles. The Kier molecular flexibility index (Phi) is 7.59. The van der Waals surface area contributed by atoms with Gasteiger partial charge in [-0.2, -0.15) is 0 Å². The molecular formula is C23H23Cl2NO5. The Hall–Kier alpha value is -2.54. The highest BCUT2D eigenvalue weighted by atomic mass is 35.5. The van der Waals surface area contributed by atoms with Crippen LogP contribution in [-0.2, 0) is 14.3 Å². The normalized spacial score (nSPS) is 17.9. The van der Waals surface area contributed by atoms with Crippen LogP contribution in [0.5, 0.6) is 5.75 Å². The second-order valence-corrected chi connectivity index (χ2v) is 7.78. The smallest absolute Gasteiger partial charge is 0.295 e. The number of Topliss-reactive ketones (excluding diaryl/α,β-unsaturated/α-hetero) is 1. The van der Waals surface area contributed by atoms with Crippen LogP contribution in [0, 0.1) is 0 Å². The second-order valence-electron chi connectivity index (χ2n) is 6.97. The van der Waals surface area contributed by atoms with Crippen molar-refractivity contribution in [3.63, 3.8) is 0 Å². The average Bonchev–Trinajstić information content (AvgIpc) is 3.01. The Labute approximate surface area is 191 Å². The number of ether oxygens (including phenoxy) is 2. The van der Waals surface area contributed by atoms with Gasteiger partial charge < -0.3 is 19.5 Å². The van der Waals surface area contributed by atoms with Gasteiger partial charge >= 0.3 is 0 Å². The molecule has 1 aliphatic heterocycles. The van der Waals surface area contributed by atoms with E-state index >= 15 is 0 Å². The molecule has 0 bridgehead atoms. The van der Waals surface area contributed by atoms with Gasteiger partial charge in [-0.05, 0) is 55.3 Å². The maximum Gasteiger partial charge on any atom is 0.295 e. The van der Waals surface area contributed by atoms with E-state index in [4.69, 9.17) is 32.7 Å². The minimum absolute atomic E-state index is 0.00460. The van der Waals surface area contributed by atoms with E-state index in [1.54, 1.807) is 49.6 Å². The maximum absolute atomic E-state index is 12.9. The molecular weight excluding hydrogens is 441 g/mol. The standard InChI is InChI=1S/C23H23Cl2NO5/c1-3-31-16-8-5-14(6-9-16)21(27)19-20(15-7-10-17(24)18(25)13-15)26(11-4-12-30-2)23(29)22(19)28/h5-10,13,20,27H,3-4,11-12H2,1-2H3/t20-/m0/s1. The van der Waals surface area contributed by atoms with Crippen molar-refractivity contribution in [1.82, 2.24) is 4.90 Å². The molecule has 0 aromatic heterocycles. The van der Waals surface area contributed by atoms with E-state index in [0.29, 0.717) is 46.6 Å². The molecule has 0 radical (unpaired) electrons. The lowest BCUT2D eigenvalue weighted by Gasteiger charge is -2.25. The lowest BCUT2D eigenvalue weighted by molar-refractivity contribution is -0.140. The highest BCUT2D eigenvalue weighted by Gasteiger charge is 2.45. The highest BCUT2D eigenvalue weighted by Crippen LogP contribution is 2.41. The molecule has 1 aliphatic rings. The Morgan fingerprint density at radius 2 is 1.81 bits per heavy atom. The molecule has 1 N–H and O–H groups in total. The number of likely N-dealkylation sites (tertiary alicyclic amines) is 1. The number of ketones is 1. The lowest BCUT2D eigenvalue weighted by atomic mass is 9.95. The molecule has 3 rings (SSSR count). The second kappa shape index (κ2) is 10.2. The van der Waals surface area contributed by atoms with Gasteiger partial charge in [0.25, 0.3) is 11.7 Å². The summed E-state index contributed by atoms with van der Waals surface area (Å²) in [4.78, 5) is 27.2. The predicted molar refractivity (Wildman–Crippen MR) is 120 cm³/mol. The van der Waals surface area contributed by atoms with E-state index in [1.165, 1.54) is 4.90 Å². The fourth-order valence-corrected chi connectivity index (χ4v) is 3.86. The number of rotatable bonds is 8. The number of aliphatic hydroxyl groups excluding tert-OH is 1. The number of methoxy groups -OCH3 is 1. The zero-order valence-electron chi connectivity index (χ0n) is 17.2. The summed E-state index contributed by atoms with van der Waals surface area (Å²) in [6.07, 6.45) is 0.532. The van der Waals surface area contributed by atoms with Gasteiger partial charge in [0.2, 0.25) is 0 Å². The van der Waals surface area contributed by atoms with Crippen molar-refractivity contribution in [2.75, 3.05) is 26.9 Å². The van der Waals surface area contributed by atoms with E-state index in [-0.39, 0.29) is 17.9 Å². The molecule has 0 aliphatic carbocycles. The molecule has 1 amide bonds. The summed E-state index contributed by atoms with van der Waals surface area (Å²) < 4.78 is 10.5. The zero-order chi connectivity index (χ0) is 22.5. The topological polar surface area (TPSA) is 76.1 Å². The molecule has 1 saturated heterocycles. The Morgan fingerprint density at radius 3 is 2.42 bits per heavy atom. The third kappa shape index (κ3) is 4.87. The summed E-state index contributed by atoms with van der Waals surface area (Å²) >= 11 is 12.2. The van der Waals surface area contributed by atoms with Crippen LogP contribution in [0.25, 0.3) is 5.76 Å². The monoisotopic (exact) mass is 463 g/mol. The van der Waals surface area contributed by atoms with Crippen LogP contribution in [0.4, 0.5) is 0 Å². The Morgan fingerprint density at radius 1 is 1.10 bits per heavy atom. The summed E-state index contributed by atoms with van der Waals surface area (Å²) in [7, 11) is 1.57. The molecule has 2 aromatic carbocycles. The van der Waals surface area contributed by atoms with Crippen LogP contribution < -0.4 is 4.74 Å². The molecule has 8 heteroatoms. The lowest BCUT2D eigenvalue weighted by Crippen LogP contribution is -2.31. The fourth-order valence-electron chi connectivity index (χ4n) is 3.55. The molecule has 1 heterocycles. The van der Waals surface area contributed by atoms with Crippen molar-refractivity contribution in [2.24, 2.45) is 0 Å². The average molecular weight is 464 g/mol. The zero-order valence-corrected chi connectivity index (χ0v) is 18.7. The van der Waals surface area contributed by atoms with Gasteiger partial charge in [0.15, 0.2) is 0 Å². The number of benzene rings is 2. The van der Waals surface area contributed by atoms with Crippen molar-refractivity contribution < 1.29 is 24.2 Å². The Balaban J connectivity index is 2.09. The van der Waals surface area contributed by atoms with Crippen LogP contribution in [0.15, 0.2) is 48.0 Å². The molecule has 6 nitrogen and oxygen atoms in total. The molecule has 2 aromatic rings. The van der Waals surface area contributed by atoms with Crippen LogP contribution in [0.2, 0.25) is 10.0 Å². The molecule has 0 unspecified atom stereocenters. The van der Waals surface area contributed by atoms with Crippen molar-refractivity contribution in [3.8, 4) is 5.75 Å². The number of amides is 1. The van der Waals surface area contributed by atoms with Gasteiger partial charge in [-0.25, -0.2) is 0 Å².